The Kier molecular flexibility index (Phi) is 19.0. The maximum absolute atomic E-state index is 16.3. The van der Waals surface area contributed by atoms with E-state index in [-0.39, 0.29) is 65.9 Å². The highest BCUT2D eigenvalue weighted by Crippen LogP contribution is 2.43. The summed E-state index contributed by atoms with van der Waals surface area (Å²) in [6, 6.07) is 27.3. The topological polar surface area (TPSA) is 189 Å². The third-order valence-electron chi connectivity index (χ3n) is 17.3. The fourth-order valence-corrected chi connectivity index (χ4v) is 15.8. The van der Waals surface area contributed by atoms with Crippen LogP contribution in [0.3, 0.4) is 0 Å². The molecule has 3 N–H and O–H groups in total. The largest absolute Gasteiger partial charge is 0.501 e. The molecule has 0 radical (unpaired) electrons. The Morgan fingerprint density at radius 3 is 2.20 bits per heavy atom. The highest BCUT2D eigenvalue weighted by atomic mass is 35.5. The number of hydrogen-bond donors (Lipinski definition) is 3. The molecule has 5 aromatic carbocycles. The molecule has 3 unspecified atom stereocenters. The van der Waals surface area contributed by atoms with Crippen LogP contribution in [0.5, 0.6) is 0 Å². The van der Waals surface area contributed by atoms with Gasteiger partial charge in [0, 0.05) is 127 Å². The van der Waals surface area contributed by atoms with Gasteiger partial charge >= 0.3 is 5.51 Å². The third-order valence-corrected chi connectivity index (χ3v) is 21.6. The molecule has 4 aliphatic heterocycles. The number of nitrogens with one attached hydrogen (secondary N) is 3. The summed E-state index contributed by atoms with van der Waals surface area (Å²) < 4.78 is 117. The van der Waals surface area contributed by atoms with Crippen LogP contribution in [0.2, 0.25) is 5.02 Å². The van der Waals surface area contributed by atoms with Crippen LogP contribution in [0.1, 0.15) is 104 Å². The van der Waals surface area contributed by atoms with Crippen LogP contribution in [0.4, 0.5) is 28.9 Å². The number of sulfonamides is 1. The number of rotatable bonds is 19. The number of hydrogen-bond acceptors (Lipinski definition) is 14. The van der Waals surface area contributed by atoms with Gasteiger partial charge in [0.1, 0.15) is 16.8 Å². The standard InChI is InChI=1S/C63H71ClF4N8O8S3/c1-40-34-73(36-44-14-20-52-53(58(44)65)38-76(61(52)80)55-22-23-57(77)70-60(55)79)35-41(2)75(40)27-25-47(39-85-49-8-6-5-7-9-49)69-54-21-19-50(32-56(54)86(81,82)63(66,67)68)87(83,84)71-59(78)43-12-17-48(18-13-43)74-30-28-72(29-31-74)37-45-33-62(3,4)26-24-51(45)42-10-15-46(64)16-11-42/h5-21,32,40-41,47,55,69H,22-31,33-39H2,1-4H3,(H,71,78)(H,70,77,79)/t40?,41?,47-,55?/m1/s1. The minimum Gasteiger partial charge on any atom is -0.380 e. The van der Waals surface area contributed by atoms with Crippen molar-refractivity contribution < 1.29 is 53.6 Å². The SMILES string of the molecule is CC1CN(Cc2ccc3c(c2F)CN(C2CCC(=O)NC2=O)C3=O)CC(C)N1CC[C@H](CSc1ccccc1)Nc1ccc(S(=O)(=O)NC(=O)c2ccc(N3CCN(CC4=C(c5ccc(Cl)cc5)CCC(C)(C)C4)CC3)cc2)cc1S(=O)(=O)C(F)(F)F. The van der Waals surface area contributed by atoms with Gasteiger partial charge in [-0.1, -0.05) is 67.4 Å². The van der Waals surface area contributed by atoms with Gasteiger partial charge in [-0.05, 0) is 135 Å². The molecule has 5 aromatic rings. The van der Waals surface area contributed by atoms with Crippen molar-refractivity contribution in [1.29, 1.82) is 0 Å². The van der Waals surface area contributed by atoms with E-state index in [1.807, 2.05) is 61.0 Å². The Labute approximate surface area is 515 Å². The lowest BCUT2D eigenvalue weighted by Gasteiger charge is -2.45. The van der Waals surface area contributed by atoms with Crippen molar-refractivity contribution in [2.75, 3.05) is 68.3 Å². The molecule has 3 saturated heterocycles. The molecule has 1 aliphatic carbocycles. The molecule has 4 atom stereocenters. The van der Waals surface area contributed by atoms with Crippen LogP contribution in [0.25, 0.3) is 5.57 Å². The number of nitrogens with zero attached hydrogens (tertiary/aromatic N) is 5. The predicted octanol–water partition coefficient (Wildman–Crippen LogP) is 10.00. The molecule has 0 bridgehead atoms. The summed E-state index contributed by atoms with van der Waals surface area (Å²) in [4.78, 5) is 60.2. The quantitative estimate of drug-likeness (QED) is 0.0402. The number of thioether (sulfide) groups is 1. The van der Waals surface area contributed by atoms with Gasteiger partial charge in [0.25, 0.3) is 31.7 Å². The van der Waals surface area contributed by atoms with E-state index in [1.165, 1.54) is 45.5 Å². The average Bonchev–Trinajstić information content (AvgIpc) is 1.88. The first-order chi connectivity index (χ1) is 41.2. The Morgan fingerprint density at radius 2 is 1.53 bits per heavy atom. The van der Waals surface area contributed by atoms with Gasteiger partial charge in [-0.15, -0.1) is 11.8 Å². The number of carbonyl (C=O) groups is 4. The number of fused-ring (bicyclic) bond motifs is 1. The molecule has 16 nitrogen and oxygen atoms in total. The molecular formula is C63H71ClF4N8O8S3. The van der Waals surface area contributed by atoms with Gasteiger partial charge in [0.05, 0.1) is 17.1 Å². The number of piperidine rings is 1. The van der Waals surface area contributed by atoms with Gasteiger partial charge in [-0.3, -0.25) is 39.2 Å². The fraction of sp³-hybridized carbons (Fsp3) is 0.429. The zero-order valence-corrected chi connectivity index (χ0v) is 52.0. The lowest BCUT2D eigenvalue weighted by atomic mass is 9.73. The summed E-state index contributed by atoms with van der Waals surface area (Å²) in [6.45, 7) is 13.9. The molecule has 3 fully saturated rings. The number of imide groups is 1. The van der Waals surface area contributed by atoms with E-state index in [9.17, 15) is 49.2 Å². The van der Waals surface area contributed by atoms with Crippen LogP contribution in [-0.2, 0) is 42.5 Å². The zero-order valence-electron chi connectivity index (χ0n) is 48.8. The molecule has 0 spiro atoms. The zero-order chi connectivity index (χ0) is 62.2. The minimum atomic E-state index is -6.19. The number of piperazine rings is 2. The van der Waals surface area contributed by atoms with Crippen molar-refractivity contribution in [3.05, 3.63) is 153 Å². The molecule has 0 saturated carbocycles. The monoisotopic (exact) mass is 1270 g/mol. The van der Waals surface area contributed by atoms with E-state index in [2.05, 4.69) is 56.2 Å². The number of sulfone groups is 1. The number of benzene rings is 5. The molecule has 10 rings (SSSR count). The molecule has 24 heteroatoms. The second kappa shape index (κ2) is 26.0. The summed E-state index contributed by atoms with van der Waals surface area (Å²) in [5.41, 5.74) is -0.600. The fourth-order valence-electron chi connectivity index (χ4n) is 12.7. The van der Waals surface area contributed by atoms with Crippen molar-refractivity contribution in [3.8, 4) is 0 Å². The Balaban J connectivity index is 0.789. The maximum atomic E-state index is 16.3. The number of allylic oxidation sites excluding steroid dienone is 1. The number of halogens is 5. The third kappa shape index (κ3) is 14.6. The van der Waals surface area contributed by atoms with Gasteiger partial charge in [0.15, 0.2) is 0 Å². The summed E-state index contributed by atoms with van der Waals surface area (Å²) in [7, 11) is -11.1. The van der Waals surface area contributed by atoms with Crippen molar-refractivity contribution >= 4 is 83.8 Å². The van der Waals surface area contributed by atoms with E-state index < -0.39 is 82.4 Å². The number of carbonyl (C=O) groups excluding carboxylic acids is 4. The van der Waals surface area contributed by atoms with Crippen molar-refractivity contribution in [1.82, 2.24) is 29.6 Å². The second-order valence-electron chi connectivity index (χ2n) is 24.1. The van der Waals surface area contributed by atoms with E-state index in [0.717, 1.165) is 61.6 Å². The minimum absolute atomic E-state index is 0.0407. The molecule has 4 amide bonds. The first-order valence-electron chi connectivity index (χ1n) is 29.2. The van der Waals surface area contributed by atoms with Crippen LogP contribution in [-0.4, -0.2) is 148 Å². The van der Waals surface area contributed by atoms with E-state index in [0.29, 0.717) is 55.8 Å². The summed E-state index contributed by atoms with van der Waals surface area (Å²) >= 11 is 7.61. The van der Waals surface area contributed by atoms with Gasteiger partial charge in [0.2, 0.25) is 11.8 Å². The number of anilines is 2. The van der Waals surface area contributed by atoms with Crippen molar-refractivity contribution in [2.45, 2.75) is 124 Å². The lowest BCUT2D eigenvalue weighted by Crippen LogP contribution is -2.56. The number of amides is 4. The number of alkyl halides is 3. The van der Waals surface area contributed by atoms with Crippen LogP contribution in [0, 0.1) is 11.2 Å². The van der Waals surface area contributed by atoms with Gasteiger partial charge in [-0.2, -0.15) is 13.2 Å². The maximum Gasteiger partial charge on any atom is 0.501 e. The lowest BCUT2D eigenvalue weighted by molar-refractivity contribution is -0.136. The smallest absolute Gasteiger partial charge is 0.380 e. The summed E-state index contributed by atoms with van der Waals surface area (Å²) in [5, 5.41) is 5.99. The highest BCUT2D eigenvalue weighted by Gasteiger charge is 2.49. The van der Waals surface area contributed by atoms with Crippen LogP contribution < -0.4 is 20.3 Å². The summed E-state index contributed by atoms with van der Waals surface area (Å²) in [6.07, 6.45) is 3.60. The van der Waals surface area contributed by atoms with Gasteiger partial charge in [-0.25, -0.2) is 25.9 Å². The molecule has 0 aromatic heterocycles. The van der Waals surface area contributed by atoms with Crippen LogP contribution >= 0.6 is 23.4 Å². The van der Waals surface area contributed by atoms with E-state index in [1.54, 1.807) is 24.3 Å². The summed E-state index contributed by atoms with van der Waals surface area (Å²) in [5.74, 6) is -2.83. The molecule has 464 valence electrons. The molecule has 5 aliphatic rings. The average molecular weight is 1280 g/mol. The molecule has 4 heterocycles. The normalized spacial score (nSPS) is 21.2. The van der Waals surface area contributed by atoms with E-state index in [4.69, 9.17) is 11.6 Å². The molecule has 87 heavy (non-hydrogen) atoms. The van der Waals surface area contributed by atoms with Gasteiger partial charge < -0.3 is 15.1 Å². The molecular weight excluding hydrogens is 1200 g/mol. The van der Waals surface area contributed by atoms with Crippen molar-refractivity contribution in [3.63, 3.8) is 0 Å². The predicted molar refractivity (Wildman–Crippen MR) is 328 cm³/mol. The Morgan fingerprint density at radius 1 is 0.839 bits per heavy atom. The van der Waals surface area contributed by atoms with Crippen molar-refractivity contribution in [2.24, 2.45) is 5.41 Å². The second-order valence-corrected chi connectivity index (χ2v) is 29.3. The van der Waals surface area contributed by atoms with E-state index >= 15 is 4.39 Å². The Bertz CT molecular complexity index is 3670. The Hall–Kier alpha value is -6.34. The first kappa shape index (κ1) is 63.7. The highest BCUT2D eigenvalue weighted by molar-refractivity contribution is 7.99. The van der Waals surface area contributed by atoms with Crippen LogP contribution in [0.15, 0.2) is 129 Å². The first-order valence-corrected chi connectivity index (χ1v) is 33.5.